The Bertz CT molecular complexity index is 878. The van der Waals surface area contributed by atoms with E-state index in [9.17, 15) is 19.7 Å². The van der Waals surface area contributed by atoms with Gasteiger partial charge in [0.25, 0.3) is 0 Å². The number of nitrogens with zero attached hydrogens (tertiary/aromatic N) is 3. The molecule has 0 spiro atoms. The fourth-order valence-corrected chi connectivity index (χ4v) is 1.91. The van der Waals surface area contributed by atoms with Gasteiger partial charge in [0, 0.05) is 5.02 Å². The van der Waals surface area contributed by atoms with Gasteiger partial charge in [-0.15, -0.1) is 0 Å². The minimum Gasteiger partial charge on any atom is -0.289 e. The molecule has 0 unspecified atom stereocenters. The van der Waals surface area contributed by atoms with Crippen molar-refractivity contribution in [3.63, 3.8) is 0 Å². The van der Waals surface area contributed by atoms with Crippen LogP contribution in [0.15, 0.2) is 34.0 Å². The summed E-state index contributed by atoms with van der Waals surface area (Å²) in [5.74, 6) is 0. The third-order valence-corrected chi connectivity index (χ3v) is 3.06. The van der Waals surface area contributed by atoms with Crippen molar-refractivity contribution in [3.8, 4) is 6.07 Å². The third-order valence-electron chi connectivity index (χ3n) is 2.71. The molecule has 21 heavy (non-hydrogen) atoms. The van der Waals surface area contributed by atoms with Crippen LogP contribution in [-0.2, 0) is 6.54 Å². The largest absolute Gasteiger partial charge is 0.350 e. The lowest BCUT2D eigenvalue weighted by Crippen LogP contribution is -2.31. The van der Waals surface area contributed by atoms with Gasteiger partial charge in [0.15, 0.2) is 0 Å². The molecular formula is C12H7ClN4O4. The summed E-state index contributed by atoms with van der Waals surface area (Å²) in [4.78, 5) is 34.6. The minimum absolute atomic E-state index is 0.0685. The van der Waals surface area contributed by atoms with Crippen molar-refractivity contribution in [1.82, 2.24) is 9.55 Å². The van der Waals surface area contributed by atoms with Crippen LogP contribution < -0.4 is 11.2 Å². The van der Waals surface area contributed by atoms with Crippen LogP contribution in [0.3, 0.4) is 0 Å². The molecule has 8 nitrogen and oxygen atoms in total. The van der Waals surface area contributed by atoms with Crippen LogP contribution in [0.25, 0.3) is 0 Å². The molecule has 1 N–H and O–H groups in total. The molecule has 9 heteroatoms. The van der Waals surface area contributed by atoms with E-state index < -0.39 is 21.9 Å². The van der Waals surface area contributed by atoms with Gasteiger partial charge in [-0.3, -0.25) is 24.5 Å². The maximum absolute atomic E-state index is 11.6. The molecule has 0 aliphatic rings. The molecule has 0 fully saturated rings. The lowest BCUT2D eigenvalue weighted by molar-refractivity contribution is -0.386. The first-order valence-corrected chi connectivity index (χ1v) is 5.97. The Morgan fingerprint density at radius 1 is 1.43 bits per heavy atom. The molecule has 2 rings (SSSR count). The van der Waals surface area contributed by atoms with Gasteiger partial charge in [0.1, 0.15) is 0 Å². The molecule has 0 aliphatic carbocycles. The first kappa shape index (κ1) is 14.5. The maximum Gasteiger partial charge on any atom is 0.350 e. The summed E-state index contributed by atoms with van der Waals surface area (Å²) in [5.41, 5.74) is -1.75. The van der Waals surface area contributed by atoms with E-state index in [4.69, 9.17) is 16.9 Å². The third kappa shape index (κ3) is 2.98. The van der Waals surface area contributed by atoms with Crippen molar-refractivity contribution in [3.05, 3.63) is 71.5 Å². The normalized spacial score (nSPS) is 10.1. The quantitative estimate of drug-likeness (QED) is 0.670. The smallest absolute Gasteiger partial charge is 0.289 e. The predicted octanol–water partition coefficient (Wildman–Crippen LogP) is 1.02. The number of aromatic nitrogens is 2. The summed E-state index contributed by atoms with van der Waals surface area (Å²) in [5, 5.41) is 19.7. The molecule has 0 aliphatic heterocycles. The molecule has 0 bridgehead atoms. The fraction of sp³-hybridized carbons (Fsp3) is 0.0833. The Kier molecular flexibility index (Phi) is 3.86. The number of hydrogen-bond donors (Lipinski definition) is 1. The van der Waals surface area contributed by atoms with E-state index in [1.54, 1.807) is 0 Å². The molecule has 1 heterocycles. The van der Waals surface area contributed by atoms with Gasteiger partial charge in [-0.25, -0.2) is 4.79 Å². The molecule has 1 aromatic carbocycles. The second kappa shape index (κ2) is 5.60. The van der Waals surface area contributed by atoms with Crippen LogP contribution in [-0.4, -0.2) is 14.5 Å². The highest BCUT2D eigenvalue weighted by atomic mass is 35.5. The summed E-state index contributed by atoms with van der Waals surface area (Å²) in [6, 6.07) is 6.37. The van der Waals surface area contributed by atoms with Gasteiger partial charge in [0.2, 0.25) is 0 Å². The lowest BCUT2D eigenvalue weighted by atomic mass is 10.1. The maximum atomic E-state index is 11.6. The van der Waals surface area contributed by atoms with Crippen LogP contribution in [0.4, 0.5) is 5.69 Å². The van der Waals surface area contributed by atoms with Crippen LogP contribution in [0, 0.1) is 21.4 Å². The molecule has 106 valence electrons. The van der Waals surface area contributed by atoms with E-state index in [2.05, 4.69) is 0 Å². The molecule has 0 saturated heterocycles. The number of nitriles is 1. The van der Waals surface area contributed by atoms with Crippen molar-refractivity contribution >= 4 is 17.3 Å². The van der Waals surface area contributed by atoms with Crippen LogP contribution in [0.5, 0.6) is 0 Å². The number of halogens is 1. The second-order valence-corrected chi connectivity index (χ2v) is 4.48. The predicted molar refractivity (Wildman–Crippen MR) is 73.2 cm³/mol. The van der Waals surface area contributed by atoms with E-state index in [0.717, 1.165) is 10.8 Å². The average molecular weight is 307 g/mol. The minimum atomic E-state index is -1.06. The van der Waals surface area contributed by atoms with Crippen molar-refractivity contribution in [2.24, 2.45) is 0 Å². The standard InChI is InChI=1S/C12H7ClN4O4/c13-9-3-7(4-14)1-2-8(9)5-16-6-10(17(20)21)11(18)15-12(16)19/h1-3,6H,5H2,(H,15,18,19). The zero-order valence-corrected chi connectivity index (χ0v) is 11.1. The Labute approximate surface area is 122 Å². The van der Waals surface area contributed by atoms with Crippen LogP contribution in [0.1, 0.15) is 11.1 Å². The number of hydrogen-bond acceptors (Lipinski definition) is 5. The van der Waals surface area contributed by atoms with Gasteiger partial charge in [-0.1, -0.05) is 17.7 Å². The number of benzene rings is 1. The average Bonchev–Trinajstić information content (AvgIpc) is 2.43. The SMILES string of the molecule is N#Cc1ccc(Cn2cc([N+](=O)[O-])c(=O)[nH]c2=O)c(Cl)c1. The van der Waals surface area contributed by atoms with Gasteiger partial charge in [-0.2, -0.15) is 5.26 Å². The summed E-state index contributed by atoms with van der Waals surface area (Å²) in [6.45, 7) is -0.0685. The number of nitro groups is 1. The highest BCUT2D eigenvalue weighted by Gasteiger charge is 2.15. The lowest BCUT2D eigenvalue weighted by Gasteiger charge is -2.07. The van der Waals surface area contributed by atoms with E-state index in [-0.39, 0.29) is 11.6 Å². The molecule has 2 aromatic rings. The first-order valence-electron chi connectivity index (χ1n) is 5.59. The summed E-state index contributed by atoms with van der Waals surface area (Å²) in [7, 11) is 0. The van der Waals surface area contributed by atoms with E-state index in [1.165, 1.54) is 18.2 Å². The summed E-state index contributed by atoms with van der Waals surface area (Å²) < 4.78 is 0.965. The van der Waals surface area contributed by atoms with Crippen LogP contribution >= 0.6 is 11.6 Å². The van der Waals surface area contributed by atoms with Gasteiger partial charge in [-0.05, 0) is 17.7 Å². The Morgan fingerprint density at radius 2 is 2.14 bits per heavy atom. The number of H-pyrrole nitrogens is 1. The number of rotatable bonds is 3. The fourth-order valence-electron chi connectivity index (χ4n) is 1.67. The van der Waals surface area contributed by atoms with Crippen molar-refractivity contribution in [2.45, 2.75) is 6.54 Å². The first-order chi connectivity index (χ1) is 9.92. The Balaban J connectivity index is 2.47. The Morgan fingerprint density at radius 3 is 2.71 bits per heavy atom. The van der Waals surface area contributed by atoms with Gasteiger partial charge in [0.05, 0.1) is 29.3 Å². The molecule has 0 amide bonds. The monoisotopic (exact) mass is 306 g/mol. The van der Waals surface area contributed by atoms with Gasteiger partial charge >= 0.3 is 16.9 Å². The van der Waals surface area contributed by atoms with Crippen molar-refractivity contribution in [2.75, 3.05) is 0 Å². The zero-order valence-electron chi connectivity index (χ0n) is 10.4. The molecule has 0 atom stereocenters. The second-order valence-electron chi connectivity index (χ2n) is 4.08. The highest BCUT2D eigenvalue weighted by molar-refractivity contribution is 6.31. The topological polar surface area (TPSA) is 122 Å². The van der Waals surface area contributed by atoms with Gasteiger partial charge < -0.3 is 0 Å². The highest BCUT2D eigenvalue weighted by Crippen LogP contribution is 2.18. The summed E-state index contributed by atoms with van der Waals surface area (Å²) >= 11 is 5.97. The Hall–Kier alpha value is -2.92. The van der Waals surface area contributed by atoms with E-state index >= 15 is 0 Å². The molecule has 0 radical (unpaired) electrons. The van der Waals surface area contributed by atoms with E-state index in [0.29, 0.717) is 11.1 Å². The van der Waals surface area contributed by atoms with Crippen molar-refractivity contribution < 1.29 is 4.92 Å². The summed E-state index contributed by atoms with van der Waals surface area (Å²) in [6.07, 6.45) is 0.857. The van der Waals surface area contributed by atoms with E-state index in [1.807, 2.05) is 11.1 Å². The van der Waals surface area contributed by atoms with Crippen molar-refractivity contribution in [1.29, 1.82) is 5.26 Å². The molecule has 0 saturated carbocycles. The zero-order chi connectivity index (χ0) is 15.6. The number of nitrogens with one attached hydrogen (secondary N) is 1. The number of aromatic amines is 1. The molecule has 1 aromatic heterocycles. The molecular weight excluding hydrogens is 300 g/mol. The van der Waals surface area contributed by atoms with Crippen LogP contribution in [0.2, 0.25) is 5.02 Å².